The summed E-state index contributed by atoms with van der Waals surface area (Å²) >= 11 is 0. The topological polar surface area (TPSA) is 140 Å². The molecule has 0 saturated heterocycles. The summed E-state index contributed by atoms with van der Waals surface area (Å²) in [7, 11) is -0.902. The number of hydrogen-bond donors (Lipinski definition) is 3. The first-order chi connectivity index (χ1) is 14.2. The molecular formula is C19H18N4O6S. The van der Waals surface area contributed by atoms with Gasteiger partial charge in [-0.05, 0) is 48.5 Å². The molecule has 0 aliphatic carbocycles. The van der Waals surface area contributed by atoms with E-state index in [-0.39, 0.29) is 16.3 Å². The molecule has 3 aromatic rings. The molecule has 11 heteroatoms. The van der Waals surface area contributed by atoms with Gasteiger partial charge >= 0.3 is 5.97 Å². The molecule has 10 nitrogen and oxygen atoms in total. The van der Waals surface area contributed by atoms with E-state index in [1.165, 1.54) is 38.4 Å². The van der Waals surface area contributed by atoms with Gasteiger partial charge in [-0.1, -0.05) is 0 Å². The van der Waals surface area contributed by atoms with E-state index in [4.69, 9.17) is 9.84 Å². The van der Waals surface area contributed by atoms with Crippen LogP contribution in [0.3, 0.4) is 0 Å². The van der Waals surface area contributed by atoms with Crippen molar-refractivity contribution in [3.8, 4) is 5.75 Å². The minimum atomic E-state index is -3.83. The van der Waals surface area contributed by atoms with Crippen molar-refractivity contribution in [2.45, 2.75) is 4.90 Å². The number of methoxy groups -OCH3 is 1. The van der Waals surface area contributed by atoms with Crippen LogP contribution >= 0.6 is 0 Å². The maximum absolute atomic E-state index is 12.5. The fourth-order valence-corrected chi connectivity index (χ4v) is 3.62. The largest absolute Gasteiger partial charge is 0.497 e. The van der Waals surface area contributed by atoms with Gasteiger partial charge in [-0.2, -0.15) is 5.10 Å². The highest BCUT2D eigenvalue weighted by Crippen LogP contribution is 2.21. The third-order valence-electron chi connectivity index (χ3n) is 4.10. The number of ether oxygens (including phenoxy) is 1. The molecule has 2 aromatic carbocycles. The van der Waals surface area contributed by atoms with E-state index < -0.39 is 21.9 Å². The second kappa shape index (κ2) is 8.25. The molecule has 0 aliphatic rings. The summed E-state index contributed by atoms with van der Waals surface area (Å²) in [6.45, 7) is 0. The summed E-state index contributed by atoms with van der Waals surface area (Å²) in [5, 5.41) is 15.4. The van der Waals surface area contributed by atoms with Crippen LogP contribution in [0.4, 0.5) is 11.4 Å². The van der Waals surface area contributed by atoms with E-state index in [1.54, 1.807) is 24.3 Å². The Kier molecular flexibility index (Phi) is 5.74. The normalized spacial score (nSPS) is 11.0. The first-order valence-corrected chi connectivity index (χ1v) is 10.0. The average Bonchev–Trinajstić information content (AvgIpc) is 3.11. The number of carbonyl (C=O) groups excluding carboxylic acids is 1. The Bertz CT molecular complexity index is 1180. The summed E-state index contributed by atoms with van der Waals surface area (Å²) in [5.41, 5.74) is 0.488. The van der Waals surface area contributed by atoms with Gasteiger partial charge in [0.25, 0.3) is 15.9 Å². The number of anilines is 2. The van der Waals surface area contributed by atoms with Crippen LogP contribution in [0.2, 0.25) is 0 Å². The maximum Gasteiger partial charge on any atom is 0.354 e. The van der Waals surface area contributed by atoms with E-state index in [9.17, 15) is 18.0 Å². The highest BCUT2D eigenvalue weighted by molar-refractivity contribution is 7.92. The summed E-state index contributed by atoms with van der Waals surface area (Å²) in [5.74, 6) is -1.23. The van der Waals surface area contributed by atoms with Gasteiger partial charge in [-0.25, -0.2) is 13.2 Å². The van der Waals surface area contributed by atoms with Crippen molar-refractivity contribution in [1.29, 1.82) is 0 Å². The van der Waals surface area contributed by atoms with Crippen molar-refractivity contribution in [1.82, 2.24) is 9.78 Å². The number of aromatic carboxylic acids is 1. The number of amides is 1. The second-order valence-electron chi connectivity index (χ2n) is 6.16. The number of hydrogen-bond acceptors (Lipinski definition) is 6. The van der Waals surface area contributed by atoms with Crippen LogP contribution < -0.4 is 14.8 Å². The summed E-state index contributed by atoms with van der Waals surface area (Å²) in [4.78, 5) is 23.3. The van der Waals surface area contributed by atoms with Gasteiger partial charge in [0.1, 0.15) is 11.4 Å². The zero-order chi connectivity index (χ0) is 21.9. The Hall–Kier alpha value is -3.86. The number of carboxylic acids is 1. The van der Waals surface area contributed by atoms with E-state index in [0.29, 0.717) is 17.1 Å². The number of rotatable bonds is 7. The molecule has 0 radical (unpaired) electrons. The van der Waals surface area contributed by atoms with Gasteiger partial charge in [0, 0.05) is 24.5 Å². The summed E-state index contributed by atoms with van der Waals surface area (Å²) < 4.78 is 33.6. The molecule has 30 heavy (non-hydrogen) atoms. The van der Waals surface area contributed by atoms with Crippen molar-refractivity contribution >= 4 is 33.3 Å². The molecule has 0 bridgehead atoms. The van der Waals surface area contributed by atoms with E-state index >= 15 is 0 Å². The predicted molar refractivity (Wildman–Crippen MR) is 108 cm³/mol. The number of carboxylic acid groups (broad SMARTS) is 1. The van der Waals surface area contributed by atoms with E-state index in [1.807, 2.05) is 0 Å². The smallest absolute Gasteiger partial charge is 0.354 e. The highest BCUT2D eigenvalue weighted by Gasteiger charge is 2.18. The highest BCUT2D eigenvalue weighted by atomic mass is 32.2. The molecular weight excluding hydrogens is 412 g/mol. The fourth-order valence-electron chi connectivity index (χ4n) is 2.56. The molecule has 1 aromatic heterocycles. The number of carbonyl (C=O) groups is 2. The third kappa shape index (κ3) is 4.58. The van der Waals surface area contributed by atoms with Crippen LogP contribution in [-0.2, 0) is 17.1 Å². The predicted octanol–water partition coefficient (Wildman–Crippen LogP) is 2.18. The Labute approximate surface area is 172 Å². The Morgan fingerprint density at radius 2 is 1.63 bits per heavy atom. The van der Waals surface area contributed by atoms with Crippen molar-refractivity contribution in [3.05, 3.63) is 66.0 Å². The van der Waals surface area contributed by atoms with Crippen molar-refractivity contribution in [2.75, 3.05) is 17.1 Å². The van der Waals surface area contributed by atoms with Crippen LogP contribution in [0, 0.1) is 0 Å². The number of aryl methyl sites for hydroxylation is 1. The monoisotopic (exact) mass is 430 g/mol. The summed E-state index contributed by atoms with van der Waals surface area (Å²) in [6, 6.07) is 13.1. The van der Waals surface area contributed by atoms with Gasteiger partial charge in [0.15, 0.2) is 5.69 Å². The van der Waals surface area contributed by atoms with Gasteiger partial charge in [0.2, 0.25) is 0 Å². The SMILES string of the molecule is COc1ccc(NS(=O)(=O)c2ccc(NC(=O)c3cc(C(=O)O)n(C)n3)cc2)cc1. The lowest BCUT2D eigenvalue weighted by molar-refractivity contribution is 0.0684. The van der Waals surface area contributed by atoms with E-state index in [0.717, 1.165) is 10.7 Å². The van der Waals surface area contributed by atoms with Crippen LogP contribution in [-0.4, -0.2) is 42.3 Å². The minimum Gasteiger partial charge on any atom is -0.497 e. The molecule has 0 aliphatic heterocycles. The molecule has 0 fully saturated rings. The van der Waals surface area contributed by atoms with Gasteiger partial charge in [0.05, 0.1) is 12.0 Å². The van der Waals surface area contributed by atoms with Crippen LogP contribution in [0.25, 0.3) is 0 Å². The molecule has 156 valence electrons. The minimum absolute atomic E-state index is 0.00214. The van der Waals surface area contributed by atoms with Gasteiger partial charge in [-0.3, -0.25) is 14.2 Å². The van der Waals surface area contributed by atoms with Gasteiger partial charge in [-0.15, -0.1) is 0 Å². The van der Waals surface area contributed by atoms with Crippen molar-refractivity contribution in [2.24, 2.45) is 7.05 Å². The Morgan fingerprint density at radius 3 is 2.17 bits per heavy atom. The maximum atomic E-state index is 12.5. The Balaban J connectivity index is 1.71. The number of sulfonamides is 1. The standard InChI is InChI=1S/C19H18N4O6S/c1-23-17(19(25)26)11-16(21-23)18(24)20-12-5-9-15(10-6-12)30(27,28)22-13-3-7-14(29-2)8-4-13/h3-11,22H,1-2H3,(H,20,24)(H,25,26). The molecule has 0 atom stereocenters. The van der Waals surface area contributed by atoms with E-state index in [2.05, 4.69) is 15.1 Å². The Morgan fingerprint density at radius 1 is 1.03 bits per heavy atom. The van der Waals surface area contributed by atoms with Crippen LogP contribution in [0.15, 0.2) is 59.5 Å². The molecule has 1 amide bonds. The van der Waals surface area contributed by atoms with Crippen LogP contribution in [0.1, 0.15) is 21.0 Å². The van der Waals surface area contributed by atoms with Crippen LogP contribution in [0.5, 0.6) is 5.75 Å². The third-order valence-corrected chi connectivity index (χ3v) is 5.49. The number of nitrogens with one attached hydrogen (secondary N) is 2. The fraction of sp³-hybridized carbons (Fsp3) is 0.105. The first kappa shape index (κ1) is 20.9. The quantitative estimate of drug-likeness (QED) is 0.522. The number of aromatic nitrogens is 2. The zero-order valence-electron chi connectivity index (χ0n) is 16.0. The zero-order valence-corrected chi connectivity index (χ0v) is 16.8. The second-order valence-corrected chi connectivity index (χ2v) is 7.84. The lowest BCUT2D eigenvalue weighted by Crippen LogP contribution is -2.14. The molecule has 3 rings (SSSR count). The lowest BCUT2D eigenvalue weighted by atomic mass is 10.3. The number of benzene rings is 2. The van der Waals surface area contributed by atoms with Crippen molar-refractivity contribution < 1.29 is 27.9 Å². The molecule has 0 saturated carbocycles. The molecule has 3 N–H and O–H groups in total. The average molecular weight is 430 g/mol. The first-order valence-electron chi connectivity index (χ1n) is 8.55. The number of nitrogens with zero attached hydrogens (tertiary/aromatic N) is 2. The molecule has 0 spiro atoms. The summed E-state index contributed by atoms with van der Waals surface area (Å²) in [6.07, 6.45) is 0. The van der Waals surface area contributed by atoms with Gasteiger partial charge < -0.3 is 15.2 Å². The molecule has 0 unspecified atom stereocenters. The molecule has 1 heterocycles. The lowest BCUT2D eigenvalue weighted by Gasteiger charge is -2.10. The van der Waals surface area contributed by atoms with Crippen molar-refractivity contribution in [3.63, 3.8) is 0 Å².